The number of ether oxygens (including phenoxy) is 1. The summed E-state index contributed by atoms with van der Waals surface area (Å²) in [5.74, 6) is 1.47. The van der Waals surface area contributed by atoms with Gasteiger partial charge in [0, 0.05) is 5.69 Å². The molecule has 2 amide bonds. The Morgan fingerprint density at radius 3 is 2.48 bits per heavy atom. The number of para-hydroxylation sites is 1. The minimum absolute atomic E-state index is 0.0463. The second kappa shape index (κ2) is 9.61. The number of hydrogen-bond donors (Lipinski definition) is 3. The molecule has 3 N–H and O–H groups in total. The van der Waals surface area contributed by atoms with E-state index in [9.17, 15) is 9.59 Å². The molecule has 31 heavy (non-hydrogen) atoms. The number of amides is 2. The van der Waals surface area contributed by atoms with Crippen LogP contribution < -0.4 is 20.3 Å². The maximum Gasteiger partial charge on any atom is 0.249 e. The lowest BCUT2D eigenvalue weighted by Gasteiger charge is -2.35. The predicted molar refractivity (Wildman–Crippen MR) is 118 cm³/mol. The molecule has 0 bridgehead atoms. The highest BCUT2D eigenvalue weighted by Crippen LogP contribution is 2.23. The van der Waals surface area contributed by atoms with Crippen molar-refractivity contribution in [2.75, 3.05) is 38.0 Å². The van der Waals surface area contributed by atoms with Gasteiger partial charge in [-0.15, -0.1) is 0 Å². The molecule has 0 aromatic heterocycles. The quantitative estimate of drug-likeness (QED) is 0.668. The molecule has 1 fully saturated rings. The van der Waals surface area contributed by atoms with Gasteiger partial charge in [0.05, 0.1) is 39.1 Å². The first kappa shape index (κ1) is 20.9. The number of nitrogens with one attached hydrogen (secondary N) is 3. The molecule has 8 heteroatoms. The normalized spacial score (nSPS) is 19.4. The Balaban J connectivity index is 1.37. The molecule has 8 nitrogen and oxygen atoms in total. The van der Waals surface area contributed by atoms with Crippen LogP contribution in [0.15, 0.2) is 59.6 Å². The zero-order valence-electron chi connectivity index (χ0n) is 17.6. The first-order valence-corrected chi connectivity index (χ1v) is 10.7. The fourth-order valence-corrected chi connectivity index (χ4v) is 3.73. The van der Waals surface area contributed by atoms with Crippen LogP contribution in [0.1, 0.15) is 13.3 Å². The highest BCUT2D eigenvalue weighted by molar-refractivity contribution is 6.05. The van der Waals surface area contributed by atoms with Crippen molar-refractivity contribution in [1.82, 2.24) is 10.2 Å². The standard InChI is InChI=1S/C23H27N5O3/c1-2-27-12-14-28(15-13-27)23-25-20(16-21(29)26-23)22(30)24-17-8-10-19(11-9-17)31-18-6-4-3-5-7-18/h3-11,20H,2,12-16H2,1H3,(H,24,30)(H,25,26,29)/p+1/t20-/m1/s1. The number of piperazine rings is 1. The number of guanidine groups is 1. The molecule has 2 aromatic carbocycles. The van der Waals surface area contributed by atoms with Crippen LogP contribution in [0, 0.1) is 0 Å². The minimum Gasteiger partial charge on any atom is -0.457 e. The highest BCUT2D eigenvalue weighted by Gasteiger charge is 2.31. The SMILES string of the molecule is CC[NH+]1CCN(C2=N[C@@H](C(=O)Nc3ccc(Oc4ccccc4)cc3)CC(=O)N2)CC1. The summed E-state index contributed by atoms with van der Waals surface area (Å²) >= 11 is 0. The molecule has 0 radical (unpaired) electrons. The number of benzene rings is 2. The lowest BCUT2D eigenvalue weighted by atomic mass is 10.1. The van der Waals surface area contributed by atoms with E-state index in [0.29, 0.717) is 17.4 Å². The molecule has 162 valence electrons. The number of aliphatic imine (C=N–C) groups is 1. The molecule has 0 aliphatic carbocycles. The van der Waals surface area contributed by atoms with Crippen LogP contribution in [0.25, 0.3) is 0 Å². The predicted octanol–water partition coefficient (Wildman–Crippen LogP) is 0.882. The summed E-state index contributed by atoms with van der Waals surface area (Å²) in [6.07, 6.45) is 0.0463. The third kappa shape index (κ3) is 5.40. The lowest BCUT2D eigenvalue weighted by Crippen LogP contribution is -3.14. The van der Waals surface area contributed by atoms with Gasteiger partial charge in [-0.05, 0) is 43.3 Å². The van der Waals surface area contributed by atoms with E-state index in [1.165, 1.54) is 4.90 Å². The maximum atomic E-state index is 12.8. The van der Waals surface area contributed by atoms with Gasteiger partial charge >= 0.3 is 0 Å². The summed E-state index contributed by atoms with van der Waals surface area (Å²) < 4.78 is 5.77. The second-order valence-electron chi connectivity index (χ2n) is 7.74. The summed E-state index contributed by atoms with van der Waals surface area (Å²) in [5.41, 5.74) is 0.633. The molecule has 1 atom stereocenters. The van der Waals surface area contributed by atoms with E-state index in [2.05, 4.69) is 27.4 Å². The Hall–Kier alpha value is -3.39. The van der Waals surface area contributed by atoms with Crippen LogP contribution in [0.4, 0.5) is 5.69 Å². The van der Waals surface area contributed by atoms with E-state index in [1.54, 1.807) is 24.3 Å². The molecule has 2 heterocycles. The van der Waals surface area contributed by atoms with Gasteiger partial charge in [-0.3, -0.25) is 14.9 Å². The molecule has 0 spiro atoms. The number of quaternary nitrogens is 1. The average molecular weight is 423 g/mol. The molecule has 2 aromatic rings. The van der Waals surface area contributed by atoms with Crippen LogP contribution >= 0.6 is 0 Å². The van der Waals surface area contributed by atoms with Gasteiger partial charge in [0.2, 0.25) is 17.8 Å². The zero-order chi connectivity index (χ0) is 21.6. The molecule has 0 saturated carbocycles. The third-order valence-corrected chi connectivity index (χ3v) is 5.58. The van der Waals surface area contributed by atoms with Crippen molar-refractivity contribution in [3.8, 4) is 11.5 Å². The topological polar surface area (TPSA) is 87.5 Å². The molecule has 1 saturated heterocycles. The number of carbonyl (C=O) groups is 2. The van der Waals surface area contributed by atoms with E-state index in [4.69, 9.17) is 4.74 Å². The van der Waals surface area contributed by atoms with E-state index >= 15 is 0 Å². The number of rotatable bonds is 5. The Morgan fingerprint density at radius 1 is 1.13 bits per heavy atom. The summed E-state index contributed by atoms with van der Waals surface area (Å²) in [4.78, 5) is 33.1. The van der Waals surface area contributed by atoms with E-state index in [1.807, 2.05) is 30.3 Å². The monoisotopic (exact) mass is 422 g/mol. The van der Waals surface area contributed by atoms with E-state index in [-0.39, 0.29) is 18.2 Å². The second-order valence-corrected chi connectivity index (χ2v) is 7.74. The van der Waals surface area contributed by atoms with Crippen molar-refractivity contribution < 1.29 is 19.2 Å². The van der Waals surface area contributed by atoms with Gasteiger partial charge in [0.1, 0.15) is 17.5 Å². The van der Waals surface area contributed by atoms with Crippen molar-refractivity contribution in [3.05, 3.63) is 54.6 Å². The van der Waals surface area contributed by atoms with E-state index < -0.39 is 6.04 Å². The number of nitrogens with zero attached hydrogens (tertiary/aromatic N) is 2. The summed E-state index contributed by atoms with van der Waals surface area (Å²) in [6, 6.07) is 15.9. The molecule has 2 aliphatic heterocycles. The number of likely N-dealkylation sites (N-methyl/N-ethyl adjacent to an activating group) is 1. The van der Waals surface area contributed by atoms with Crippen molar-refractivity contribution in [3.63, 3.8) is 0 Å². The van der Waals surface area contributed by atoms with Crippen molar-refractivity contribution >= 4 is 23.5 Å². The van der Waals surface area contributed by atoms with Crippen molar-refractivity contribution in [2.45, 2.75) is 19.4 Å². The van der Waals surface area contributed by atoms with Gasteiger partial charge in [-0.25, -0.2) is 4.99 Å². The van der Waals surface area contributed by atoms with Crippen molar-refractivity contribution in [1.29, 1.82) is 0 Å². The van der Waals surface area contributed by atoms with Crippen molar-refractivity contribution in [2.24, 2.45) is 4.99 Å². The average Bonchev–Trinajstić information content (AvgIpc) is 2.80. The van der Waals surface area contributed by atoms with Crippen LogP contribution in [-0.2, 0) is 9.59 Å². The lowest BCUT2D eigenvalue weighted by molar-refractivity contribution is -0.902. The Kier molecular flexibility index (Phi) is 6.47. The minimum atomic E-state index is -0.736. The Labute approximate surface area is 181 Å². The first-order chi connectivity index (χ1) is 15.1. The van der Waals surface area contributed by atoms with Gasteiger partial charge < -0.3 is 19.9 Å². The van der Waals surface area contributed by atoms with Crippen LogP contribution in [0.5, 0.6) is 11.5 Å². The van der Waals surface area contributed by atoms with Crippen LogP contribution in [-0.4, -0.2) is 61.4 Å². The van der Waals surface area contributed by atoms with Gasteiger partial charge in [-0.2, -0.15) is 0 Å². The Bertz CT molecular complexity index is 937. The molecular weight excluding hydrogens is 394 g/mol. The van der Waals surface area contributed by atoms with Crippen LogP contribution in [0.2, 0.25) is 0 Å². The van der Waals surface area contributed by atoms with Gasteiger partial charge in [0.15, 0.2) is 0 Å². The molecule has 0 unspecified atom stereocenters. The summed E-state index contributed by atoms with van der Waals surface area (Å²) in [5, 5.41) is 5.69. The number of hydrogen-bond acceptors (Lipinski definition) is 5. The number of carbonyl (C=O) groups excluding carboxylic acids is 2. The third-order valence-electron chi connectivity index (χ3n) is 5.58. The fraction of sp³-hybridized carbons (Fsp3) is 0.348. The molecule has 4 rings (SSSR count). The largest absolute Gasteiger partial charge is 0.457 e. The van der Waals surface area contributed by atoms with Crippen LogP contribution in [0.3, 0.4) is 0 Å². The Morgan fingerprint density at radius 2 is 1.81 bits per heavy atom. The summed E-state index contributed by atoms with van der Waals surface area (Å²) in [7, 11) is 0. The smallest absolute Gasteiger partial charge is 0.249 e. The van der Waals surface area contributed by atoms with E-state index in [0.717, 1.165) is 38.5 Å². The molecular formula is C23H28N5O3+. The number of anilines is 1. The fourth-order valence-electron chi connectivity index (χ4n) is 3.73. The van der Waals surface area contributed by atoms with Gasteiger partial charge in [-0.1, -0.05) is 18.2 Å². The first-order valence-electron chi connectivity index (χ1n) is 10.7. The molecule has 2 aliphatic rings. The zero-order valence-corrected chi connectivity index (χ0v) is 17.6. The van der Waals surface area contributed by atoms with Gasteiger partial charge in [0.25, 0.3) is 0 Å². The highest BCUT2D eigenvalue weighted by atomic mass is 16.5. The maximum absolute atomic E-state index is 12.8. The summed E-state index contributed by atoms with van der Waals surface area (Å²) in [6.45, 7) is 6.90.